The summed E-state index contributed by atoms with van der Waals surface area (Å²) >= 11 is 0. The van der Waals surface area contributed by atoms with Crippen molar-refractivity contribution < 1.29 is 4.79 Å². The first-order valence-electron chi connectivity index (χ1n) is 9.42. The number of fused-ring (bicyclic) bond motifs is 1. The molecule has 0 bridgehead atoms. The highest BCUT2D eigenvalue weighted by atomic mass is 16.1. The Labute approximate surface area is 144 Å². The van der Waals surface area contributed by atoms with Gasteiger partial charge >= 0.3 is 0 Å². The second-order valence-electron chi connectivity index (χ2n) is 7.23. The van der Waals surface area contributed by atoms with Crippen molar-refractivity contribution in [1.82, 2.24) is 15.3 Å². The lowest BCUT2D eigenvalue weighted by Crippen LogP contribution is -2.35. The summed E-state index contributed by atoms with van der Waals surface area (Å²) in [5, 5.41) is 3.15. The summed E-state index contributed by atoms with van der Waals surface area (Å²) in [5.74, 6) is 2.04. The topological polar surface area (TPSA) is 57.8 Å². The van der Waals surface area contributed by atoms with Crippen molar-refractivity contribution in [3.8, 4) is 0 Å². The molecule has 1 unspecified atom stereocenters. The molecule has 4 nitrogen and oxygen atoms in total. The maximum Gasteiger partial charge on any atom is 0.223 e. The van der Waals surface area contributed by atoms with Gasteiger partial charge in [0.15, 0.2) is 0 Å². The Morgan fingerprint density at radius 1 is 1.29 bits per heavy atom. The number of aromatic nitrogens is 2. The van der Waals surface area contributed by atoms with E-state index < -0.39 is 0 Å². The highest BCUT2D eigenvalue weighted by molar-refractivity contribution is 5.79. The molecule has 0 saturated heterocycles. The van der Waals surface area contributed by atoms with Gasteiger partial charge in [0.2, 0.25) is 5.91 Å². The zero-order chi connectivity index (χ0) is 16.9. The van der Waals surface area contributed by atoms with E-state index in [0.29, 0.717) is 0 Å². The number of H-pyrrole nitrogens is 1. The summed E-state index contributed by atoms with van der Waals surface area (Å²) in [4.78, 5) is 20.5. The molecule has 1 fully saturated rings. The Morgan fingerprint density at radius 3 is 2.75 bits per heavy atom. The van der Waals surface area contributed by atoms with Gasteiger partial charge in [-0.05, 0) is 50.7 Å². The first kappa shape index (κ1) is 17.0. The predicted molar refractivity (Wildman–Crippen MR) is 97.6 cm³/mol. The standard InChI is InChI=1S/C20H29N3O/c1-3-4-7-15-10-12-16(13-11-15)20(24)21-14(2)19-22-17-8-5-6-9-18(17)23-19/h5-6,8-9,14-16H,3-4,7,10-13H2,1-2H3,(H,21,24)(H,22,23). The molecule has 4 heteroatoms. The Bertz CT molecular complexity index is 637. The highest BCUT2D eigenvalue weighted by Crippen LogP contribution is 2.32. The van der Waals surface area contributed by atoms with E-state index in [1.54, 1.807) is 0 Å². The molecule has 2 aromatic rings. The van der Waals surface area contributed by atoms with Crippen LogP contribution in [0.15, 0.2) is 24.3 Å². The average molecular weight is 327 g/mol. The van der Waals surface area contributed by atoms with Crippen LogP contribution in [0.1, 0.15) is 70.7 Å². The van der Waals surface area contributed by atoms with Crippen LogP contribution >= 0.6 is 0 Å². The fourth-order valence-electron chi connectivity index (χ4n) is 3.78. The number of benzene rings is 1. The number of carbonyl (C=O) groups is 1. The lowest BCUT2D eigenvalue weighted by molar-refractivity contribution is -0.127. The van der Waals surface area contributed by atoms with Crippen molar-refractivity contribution >= 4 is 16.9 Å². The molecule has 24 heavy (non-hydrogen) atoms. The van der Waals surface area contributed by atoms with E-state index in [1.807, 2.05) is 31.2 Å². The number of para-hydroxylation sites is 2. The molecule has 1 aliphatic rings. The number of rotatable bonds is 6. The van der Waals surface area contributed by atoms with Gasteiger partial charge in [0.25, 0.3) is 0 Å². The van der Waals surface area contributed by atoms with E-state index in [-0.39, 0.29) is 17.9 Å². The molecule has 0 spiro atoms. The summed E-state index contributed by atoms with van der Waals surface area (Å²) in [5.41, 5.74) is 1.97. The second-order valence-corrected chi connectivity index (χ2v) is 7.23. The van der Waals surface area contributed by atoms with Crippen molar-refractivity contribution in [2.75, 3.05) is 0 Å². The summed E-state index contributed by atoms with van der Waals surface area (Å²) in [7, 11) is 0. The van der Waals surface area contributed by atoms with Gasteiger partial charge in [-0.2, -0.15) is 0 Å². The molecule has 130 valence electrons. The Hall–Kier alpha value is -1.84. The molecule has 2 N–H and O–H groups in total. The van der Waals surface area contributed by atoms with Crippen molar-refractivity contribution in [2.24, 2.45) is 11.8 Å². The van der Waals surface area contributed by atoms with Crippen LogP contribution in [0, 0.1) is 11.8 Å². The Morgan fingerprint density at radius 2 is 2.04 bits per heavy atom. The SMILES string of the molecule is CCCCC1CCC(C(=O)NC(C)c2nc3ccccc3[nH]2)CC1. The Balaban J connectivity index is 1.53. The van der Waals surface area contributed by atoms with Gasteiger partial charge in [0, 0.05) is 5.92 Å². The maximum absolute atomic E-state index is 12.6. The molecule has 1 aromatic carbocycles. The minimum absolute atomic E-state index is 0.0808. The molecule has 1 saturated carbocycles. The minimum atomic E-state index is -0.0808. The third-order valence-corrected chi connectivity index (χ3v) is 5.36. The summed E-state index contributed by atoms with van der Waals surface area (Å²) in [6.45, 7) is 4.25. The number of hydrogen-bond donors (Lipinski definition) is 2. The number of nitrogens with one attached hydrogen (secondary N) is 2. The van der Waals surface area contributed by atoms with Gasteiger partial charge < -0.3 is 10.3 Å². The van der Waals surface area contributed by atoms with Crippen molar-refractivity contribution in [3.05, 3.63) is 30.1 Å². The smallest absolute Gasteiger partial charge is 0.223 e. The molecule has 1 amide bonds. The maximum atomic E-state index is 12.6. The average Bonchev–Trinajstić information content (AvgIpc) is 3.04. The van der Waals surface area contributed by atoms with Gasteiger partial charge in [-0.3, -0.25) is 4.79 Å². The van der Waals surface area contributed by atoms with Crippen LogP contribution in [-0.2, 0) is 4.79 Å². The molecule has 1 heterocycles. The van der Waals surface area contributed by atoms with Crippen molar-refractivity contribution in [2.45, 2.75) is 64.8 Å². The second kappa shape index (κ2) is 7.82. The van der Waals surface area contributed by atoms with E-state index in [0.717, 1.165) is 35.6 Å². The van der Waals surface area contributed by atoms with E-state index in [1.165, 1.54) is 32.1 Å². The van der Waals surface area contributed by atoms with Crippen LogP contribution in [0.25, 0.3) is 11.0 Å². The van der Waals surface area contributed by atoms with Gasteiger partial charge in [-0.25, -0.2) is 4.98 Å². The third kappa shape index (κ3) is 3.97. The monoisotopic (exact) mass is 327 g/mol. The van der Waals surface area contributed by atoms with Crippen LogP contribution in [0.2, 0.25) is 0 Å². The minimum Gasteiger partial charge on any atom is -0.346 e. The van der Waals surface area contributed by atoms with Crippen LogP contribution in [0.4, 0.5) is 0 Å². The molecule has 0 radical (unpaired) electrons. The van der Waals surface area contributed by atoms with Crippen molar-refractivity contribution in [1.29, 1.82) is 0 Å². The predicted octanol–water partition coefficient (Wildman–Crippen LogP) is 4.74. The zero-order valence-electron chi connectivity index (χ0n) is 14.8. The fourth-order valence-corrected chi connectivity index (χ4v) is 3.78. The lowest BCUT2D eigenvalue weighted by atomic mass is 9.79. The first-order valence-corrected chi connectivity index (χ1v) is 9.42. The third-order valence-electron chi connectivity index (χ3n) is 5.36. The molecule has 3 rings (SSSR count). The molecular formula is C20H29N3O. The van der Waals surface area contributed by atoms with Gasteiger partial charge in [-0.15, -0.1) is 0 Å². The molecule has 1 aliphatic carbocycles. The summed E-state index contributed by atoms with van der Waals surface area (Å²) < 4.78 is 0. The highest BCUT2D eigenvalue weighted by Gasteiger charge is 2.27. The number of carbonyl (C=O) groups excluding carboxylic acids is 1. The van der Waals surface area contributed by atoms with E-state index >= 15 is 0 Å². The lowest BCUT2D eigenvalue weighted by Gasteiger charge is -2.28. The number of nitrogens with zero attached hydrogens (tertiary/aromatic N) is 1. The number of aromatic amines is 1. The quantitative estimate of drug-likeness (QED) is 0.805. The summed E-state index contributed by atoms with van der Waals surface area (Å²) in [6, 6.07) is 7.89. The number of hydrogen-bond acceptors (Lipinski definition) is 2. The van der Waals surface area contributed by atoms with E-state index in [2.05, 4.69) is 22.2 Å². The van der Waals surface area contributed by atoms with Crippen molar-refractivity contribution in [3.63, 3.8) is 0 Å². The van der Waals surface area contributed by atoms with Gasteiger partial charge in [-0.1, -0.05) is 38.3 Å². The van der Waals surface area contributed by atoms with E-state index in [9.17, 15) is 4.79 Å². The van der Waals surface area contributed by atoms with Gasteiger partial charge in [0.1, 0.15) is 5.82 Å². The van der Waals surface area contributed by atoms with Crippen LogP contribution in [0.3, 0.4) is 0 Å². The van der Waals surface area contributed by atoms with E-state index in [4.69, 9.17) is 0 Å². The number of imidazole rings is 1. The van der Waals surface area contributed by atoms with Crippen LogP contribution in [0.5, 0.6) is 0 Å². The normalized spacial score (nSPS) is 22.4. The number of amides is 1. The van der Waals surface area contributed by atoms with Crippen LogP contribution in [-0.4, -0.2) is 15.9 Å². The first-order chi connectivity index (χ1) is 11.7. The fraction of sp³-hybridized carbons (Fsp3) is 0.600. The largest absolute Gasteiger partial charge is 0.346 e. The molecule has 1 aromatic heterocycles. The molecular weight excluding hydrogens is 298 g/mol. The summed E-state index contributed by atoms with van der Waals surface area (Å²) in [6.07, 6.45) is 8.41. The van der Waals surface area contributed by atoms with Crippen LogP contribution < -0.4 is 5.32 Å². The molecule has 1 atom stereocenters. The Kier molecular flexibility index (Phi) is 5.54. The van der Waals surface area contributed by atoms with Gasteiger partial charge in [0.05, 0.1) is 17.1 Å². The zero-order valence-corrected chi connectivity index (χ0v) is 14.8. The number of unbranched alkanes of at least 4 members (excludes halogenated alkanes) is 1. The molecule has 0 aliphatic heterocycles.